The minimum Gasteiger partial charge on any atom is -0.309 e. The van der Waals surface area contributed by atoms with E-state index in [0.29, 0.717) is 11.6 Å². The van der Waals surface area contributed by atoms with Crippen LogP contribution in [0.2, 0.25) is 0 Å². The third-order valence-electron chi connectivity index (χ3n) is 5.76. The molecule has 1 aromatic rings. The van der Waals surface area contributed by atoms with Gasteiger partial charge < -0.3 is 5.32 Å². The molecule has 21 heavy (non-hydrogen) atoms. The molecule has 0 unspecified atom stereocenters. The normalized spacial score (nSPS) is 26.9. The Balaban J connectivity index is 1.39. The third kappa shape index (κ3) is 2.88. The van der Waals surface area contributed by atoms with E-state index < -0.39 is 0 Å². The van der Waals surface area contributed by atoms with Gasteiger partial charge in [0.1, 0.15) is 0 Å². The van der Waals surface area contributed by atoms with Crippen molar-refractivity contribution < 1.29 is 0 Å². The second-order valence-electron chi connectivity index (χ2n) is 7.35. The SMILES string of the molecule is c1cn(C2CCCC2)nc1CN1CCNC2(CCCC2)C1. The number of nitrogens with one attached hydrogen (secondary N) is 1. The van der Waals surface area contributed by atoms with Crippen molar-refractivity contribution in [2.24, 2.45) is 0 Å². The summed E-state index contributed by atoms with van der Waals surface area (Å²) in [6.07, 6.45) is 13.1. The number of aromatic nitrogens is 2. The molecule has 3 aliphatic rings. The van der Waals surface area contributed by atoms with Crippen LogP contribution in [0.5, 0.6) is 0 Å². The lowest BCUT2D eigenvalue weighted by Crippen LogP contribution is -2.58. The highest BCUT2D eigenvalue weighted by Crippen LogP contribution is 2.32. The van der Waals surface area contributed by atoms with Gasteiger partial charge in [-0.05, 0) is 31.7 Å². The molecule has 4 rings (SSSR count). The van der Waals surface area contributed by atoms with E-state index in [1.165, 1.54) is 63.6 Å². The zero-order valence-corrected chi connectivity index (χ0v) is 13.1. The lowest BCUT2D eigenvalue weighted by molar-refractivity contribution is 0.127. The quantitative estimate of drug-likeness (QED) is 0.928. The topological polar surface area (TPSA) is 33.1 Å². The Kier molecular flexibility index (Phi) is 3.76. The van der Waals surface area contributed by atoms with Gasteiger partial charge in [0.05, 0.1) is 11.7 Å². The van der Waals surface area contributed by atoms with Crippen molar-refractivity contribution in [3.05, 3.63) is 18.0 Å². The zero-order chi connectivity index (χ0) is 14.1. The minimum absolute atomic E-state index is 0.423. The monoisotopic (exact) mass is 288 g/mol. The maximum absolute atomic E-state index is 4.86. The van der Waals surface area contributed by atoms with Crippen molar-refractivity contribution in [3.63, 3.8) is 0 Å². The van der Waals surface area contributed by atoms with Crippen LogP contribution in [0.15, 0.2) is 12.3 Å². The predicted molar refractivity (Wildman–Crippen MR) is 84.2 cm³/mol. The lowest BCUT2D eigenvalue weighted by atomic mass is 9.94. The highest BCUT2D eigenvalue weighted by molar-refractivity contribution is 5.03. The van der Waals surface area contributed by atoms with Crippen molar-refractivity contribution in [2.45, 2.75) is 69.5 Å². The molecular formula is C17H28N4. The molecule has 2 aliphatic carbocycles. The van der Waals surface area contributed by atoms with E-state index in [0.717, 1.165) is 19.6 Å². The molecule has 116 valence electrons. The molecule has 0 aromatic carbocycles. The van der Waals surface area contributed by atoms with Crippen LogP contribution >= 0.6 is 0 Å². The Bertz CT molecular complexity index is 469. The molecule has 1 aromatic heterocycles. The Morgan fingerprint density at radius 1 is 1.19 bits per heavy atom. The molecule has 1 spiro atoms. The highest BCUT2D eigenvalue weighted by Gasteiger charge is 2.37. The number of hydrogen-bond acceptors (Lipinski definition) is 3. The molecule has 2 heterocycles. The molecule has 1 aliphatic heterocycles. The first-order chi connectivity index (χ1) is 10.3. The Morgan fingerprint density at radius 2 is 2.00 bits per heavy atom. The van der Waals surface area contributed by atoms with Gasteiger partial charge in [-0.3, -0.25) is 9.58 Å². The van der Waals surface area contributed by atoms with Gasteiger partial charge in [-0.15, -0.1) is 0 Å². The largest absolute Gasteiger partial charge is 0.309 e. The lowest BCUT2D eigenvalue weighted by Gasteiger charge is -2.41. The summed E-state index contributed by atoms with van der Waals surface area (Å²) in [6, 6.07) is 2.91. The summed E-state index contributed by atoms with van der Waals surface area (Å²) in [5, 5.41) is 8.65. The average Bonchev–Trinajstić information content (AvgIpc) is 3.20. The van der Waals surface area contributed by atoms with Crippen molar-refractivity contribution in [2.75, 3.05) is 19.6 Å². The van der Waals surface area contributed by atoms with Gasteiger partial charge in [0.15, 0.2) is 0 Å². The van der Waals surface area contributed by atoms with Crippen LogP contribution in [0.3, 0.4) is 0 Å². The minimum atomic E-state index is 0.423. The van der Waals surface area contributed by atoms with Gasteiger partial charge in [0.2, 0.25) is 0 Å². The molecule has 1 saturated heterocycles. The molecule has 0 bridgehead atoms. The van der Waals surface area contributed by atoms with Gasteiger partial charge >= 0.3 is 0 Å². The average molecular weight is 288 g/mol. The summed E-state index contributed by atoms with van der Waals surface area (Å²) in [7, 11) is 0. The molecule has 2 saturated carbocycles. The summed E-state index contributed by atoms with van der Waals surface area (Å²) in [6.45, 7) is 4.55. The fraction of sp³-hybridized carbons (Fsp3) is 0.824. The maximum atomic E-state index is 4.86. The second kappa shape index (κ2) is 5.73. The fourth-order valence-electron chi connectivity index (χ4n) is 4.63. The number of rotatable bonds is 3. The van der Waals surface area contributed by atoms with Gasteiger partial charge in [0, 0.05) is 37.9 Å². The molecule has 0 amide bonds. The first-order valence-electron chi connectivity index (χ1n) is 8.84. The van der Waals surface area contributed by atoms with E-state index in [2.05, 4.69) is 27.2 Å². The second-order valence-corrected chi connectivity index (χ2v) is 7.35. The van der Waals surface area contributed by atoms with E-state index in [1.54, 1.807) is 0 Å². The summed E-state index contributed by atoms with van der Waals surface area (Å²) < 4.78 is 2.23. The third-order valence-corrected chi connectivity index (χ3v) is 5.76. The summed E-state index contributed by atoms with van der Waals surface area (Å²) in [5.74, 6) is 0. The molecule has 0 radical (unpaired) electrons. The molecule has 4 heteroatoms. The number of hydrogen-bond donors (Lipinski definition) is 1. The summed E-state index contributed by atoms with van der Waals surface area (Å²) in [5.41, 5.74) is 1.68. The van der Waals surface area contributed by atoms with Crippen molar-refractivity contribution in [1.29, 1.82) is 0 Å². The van der Waals surface area contributed by atoms with Gasteiger partial charge in [-0.25, -0.2) is 0 Å². The Morgan fingerprint density at radius 3 is 2.81 bits per heavy atom. The maximum Gasteiger partial charge on any atom is 0.0764 e. The predicted octanol–water partition coefficient (Wildman–Crippen LogP) is 2.72. The van der Waals surface area contributed by atoms with Crippen molar-refractivity contribution in [3.8, 4) is 0 Å². The first-order valence-corrected chi connectivity index (χ1v) is 8.84. The molecule has 4 nitrogen and oxygen atoms in total. The van der Waals surface area contributed by atoms with E-state index in [1.807, 2.05) is 0 Å². The molecule has 1 N–H and O–H groups in total. The Hall–Kier alpha value is -0.870. The van der Waals surface area contributed by atoms with Gasteiger partial charge in [-0.2, -0.15) is 5.10 Å². The van der Waals surface area contributed by atoms with Crippen LogP contribution in [-0.2, 0) is 6.54 Å². The Labute approximate surface area is 127 Å². The van der Waals surface area contributed by atoms with Crippen LogP contribution in [0.1, 0.15) is 63.1 Å². The van der Waals surface area contributed by atoms with Gasteiger partial charge in [-0.1, -0.05) is 25.7 Å². The van der Waals surface area contributed by atoms with Crippen LogP contribution < -0.4 is 5.32 Å². The molecule has 0 atom stereocenters. The highest BCUT2D eigenvalue weighted by atomic mass is 15.3. The summed E-state index contributed by atoms with van der Waals surface area (Å²) >= 11 is 0. The van der Waals surface area contributed by atoms with Crippen LogP contribution in [-0.4, -0.2) is 39.9 Å². The van der Waals surface area contributed by atoms with Crippen LogP contribution in [0.4, 0.5) is 0 Å². The van der Waals surface area contributed by atoms with Crippen molar-refractivity contribution in [1.82, 2.24) is 20.0 Å². The standard InChI is InChI=1S/C17H28N4/c1-2-6-16(5-1)21-11-7-15(19-21)13-20-12-10-18-17(14-20)8-3-4-9-17/h7,11,16,18H,1-6,8-10,12-14H2. The smallest absolute Gasteiger partial charge is 0.0764 e. The number of nitrogens with zero attached hydrogens (tertiary/aromatic N) is 3. The zero-order valence-electron chi connectivity index (χ0n) is 13.1. The number of piperazine rings is 1. The van der Waals surface area contributed by atoms with E-state index >= 15 is 0 Å². The fourth-order valence-corrected chi connectivity index (χ4v) is 4.63. The van der Waals surface area contributed by atoms with E-state index in [9.17, 15) is 0 Å². The van der Waals surface area contributed by atoms with Crippen molar-refractivity contribution >= 4 is 0 Å². The van der Waals surface area contributed by atoms with E-state index in [-0.39, 0.29) is 0 Å². The van der Waals surface area contributed by atoms with Crippen LogP contribution in [0, 0.1) is 0 Å². The van der Waals surface area contributed by atoms with E-state index in [4.69, 9.17) is 5.10 Å². The molecule has 3 fully saturated rings. The summed E-state index contributed by atoms with van der Waals surface area (Å²) in [4.78, 5) is 2.61. The van der Waals surface area contributed by atoms with Crippen LogP contribution in [0.25, 0.3) is 0 Å². The van der Waals surface area contributed by atoms with Gasteiger partial charge in [0.25, 0.3) is 0 Å². The molecular weight excluding hydrogens is 260 g/mol. The first kappa shape index (κ1) is 13.8.